The molecule has 0 spiro atoms. The third kappa shape index (κ3) is 5.28. The highest BCUT2D eigenvalue weighted by Crippen LogP contribution is 2.35. The van der Waals surface area contributed by atoms with Crippen LogP contribution in [0.2, 0.25) is 0 Å². The highest BCUT2D eigenvalue weighted by molar-refractivity contribution is 7.92. The van der Waals surface area contributed by atoms with Gasteiger partial charge in [0.05, 0.1) is 30.3 Å². The van der Waals surface area contributed by atoms with Crippen molar-refractivity contribution in [2.24, 2.45) is 0 Å². The third-order valence-corrected chi connectivity index (χ3v) is 6.31. The number of carbonyl (C=O) groups excluding carboxylic acids is 1. The second-order valence-corrected chi connectivity index (χ2v) is 8.88. The maximum absolute atomic E-state index is 13.0. The number of para-hydroxylation sites is 1. The monoisotopic (exact) mass is 457 g/mol. The van der Waals surface area contributed by atoms with Gasteiger partial charge in [0, 0.05) is 31.5 Å². The van der Waals surface area contributed by atoms with Crippen LogP contribution < -0.4 is 15.1 Å². The van der Waals surface area contributed by atoms with Crippen LogP contribution in [0.25, 0.3) is 0 Å². The molecule has 0 aliphatic carbocycles. The summed E-state index contributed by atoms with van der Waals surface area (Å²) in [6, 6.07) is 11.9. The molecule has 1 N–H and O–H groups in total. The van der Waals surface area contributed by atoms with Gasteiger partial charge < -0.3 is 19.9 Å². The predicted molar refractivity (Wildman–Crippen MR) is 111 cm³/mol. The van der Waals surface area contributed by atoms with E-state index in [4.69, 9.17) is 4.74 Å². The van der Waals surface area contributed by atoms with Gasteiger partial charge >= 0.3 is 5.51 Å². The van der Waals surface area contributed by atoms with Crippen molar-refractivity contribution < 1.29 is 31.1 Å². The van der Waals surface area contributed by atoms with Gasteiger partial charge in [-0.15, -0.1) is 0 Å². The average Bonchev–Trinajstić information content (AvgIpc) is 2.74. The Hall–Kier alpha value is -2.79. The number of likely N-dealkylation sites (N-methyl/N-ethyl adjacent to an activating group) is 1. The lowest BCUT2D eigenvalue weighted by Gasteiger charge is -2.29. The van der Waals surface area contributed by atoms with Crippen LogP contribution >= 0.6 is 0 Å². The van der Waals surface area contributed by atoms with Crippen LogP contribution in [0.3, 0.4) is 0 Å². The minimum Gasteiger partial charge on any atom is -0.378 e. The van der Waals surface area contributed by atoms with E-state index in [2.05, 4.69) is 10.2 Å². The van der Waals surface area contributed by atoms with Gasteiger partial charge in [-0.25, -0.2) is 8.42 Å². The van der Waals surface area contributed by atoms with Crippen molar-refractivity contribution in [2.75, 3.05) is 55.0 Å². The molecule has 1 aliphatic rings. The summed E-state index contributed by atoms with van der Waals surface area (Å²) in [4.78, 5) is 14.8. The molecule has 2 aromatic carbocycles. The summed E-state index contributed by atoms with van der Waals surface area (Å²) in [7, 11) is -4.20. The highest BCUT2D eigenvalue weighted by atomic mass is 32.2. The second kappa shape index (κ2) is 9.15. The molecule has 11 heteroatoms. The number of morpholine rings is 1. The van der Waals surface area contributed by atoms with E-state index in [-0.39, 0.29) is 12.2 Å². The number of benzene rings is 2. The minimum atomic E-state index is -5.55. The van der Waals surface area contributed by atoms with E-state index in [1.54, 1.807) is 12.1 Å². The van der Waals surface area contributed by atoms with Crippen molar-refractivity contribution >= 4 is 32.8 Å². The molecule has 31 heavy (non-hydrogen) atoms. The van der Waals surface area contributed by atoms with E-state index >= 15 is 0 Å². The summed E-state index contributed by atoms with van der Waals surface area (Å²) in [5.74, 6) is -0.499. The molecule has 3 rings (SSSR count). The van der Waals surface area contributed by atoms with Crippen molar-refractivity contribution in [3.63, 3.8) is 0 Å². The lowest BCUT2D eigenvalue weighted by atomic mass is 10.2. The van der Waals surface area contributed by atoms with Crippen LogP contribution in [0.4, 0.5) is 30.2 Å². The van der Waals surface area contributed by atoms with E-state index in [0.717, 1.165) is 29.7 Å². The zero-order valence-corrected chi connectivity index (χ0v) is 17.5. The van der Waals surface area contributed by atoms with Gasteiger partial charge in [-0.1, -0.05) is 12.1 Å². The fourth-order valence-corrected chi connectivity index (χ4v) is 4.21. The van der Waals surface area contributed by atoms with Crippen molar-refractivity contribution in [2.45, 2.75) is 10.4 Å². The maximum atomic E-state index is 13.0. The summed E-state index contributed by atoms with van der Waals surface area (Å²) in [6.07, 6.45) is 0. The minimum absolute atomic E-state index is 0.211. The number of nitrogens with one attached hydrogen (secondary N) is 1. The molecular weight excluding hydrogens is 435 g/mol. The number of amides is 1. The van der Waals surface area contributed by atoms with Gasteiger partial charge in [0.25, 0.3) is 9.84 Å². The van der Waals surface area contributed by atoms with Crippen molar-refractivity contribution in [1.82, 2.24) is 0 Å². The lowest BCUT2D eigenvalue weighted by molar-refractivity contribution is -0.114. The number of hydrogen-bond donors (Lipinski definition) is 1. The van der Waals surface area contributed by atoms with Gasteiger partial charge in [0.1, 0.15) is 0 Å². The number of alkyl halides is 3. The van der Waals surface area contributed by atoms with Crippen LogP contribution in [-0.2, 0) is 19.4 Å². The van der Waals surface area contributed by atoms with Crippen LogP contribution in [0, 0.1) is 0 Å². The van der Waals surface area contributed by atoms with Gasteiger partial charge in [0.15, 0.2) is 0 Å². The number of anilines is 3. The normalized spacial score (nSPS) is 14.9. The average molecular weight is 457 g/mol. The molecule has 0 aromatic heterocycles. The van der Waals surface area contributed by atoms with Crippen molar-refractivity contribution in [3.05, 3.63) is 48.5 Å². The Morgan fingerprint density at radius 1 is 1.10 bits per heavy atom. The molecule has 1 heterocycles. The number of ether oxygens (including phenoxy) is 1. The quantitative estimate of drug-likeness (QED) is 0.719. The number of hydrogen-bond acceptors (Lipinski definition) is 6. The fraction of sp³-hybridized carbons (Fsp3) is 0.350. The Morgan fingerprint density at radius 3 is 2.32 bits per heavy atom. The lowest BCUT2D eigenvalue weighted by Crippen LogP contribution is -2.36. The van der Waals surface area contributed by atoms with Crippen LogP contribution in [0.1, 0.15) is 0 Å². The molecule has 7 nitrogen and oxygen atoms in total. The van der Waals surface area contributed by atoms with E-state index < -0.39 is 26.1 Å². The molecule has 0 radical (unpaired) electrons. The van der Waals surface area contributed by atoms with E-state index in [1.807, 2.05) is 12.1 Å². The molecule has 1 saturated heterocycles. The first kappa shape index (κ1) is 22.9. The third-order valence-electron chi connectivity index (χ3n) is 4.78. The molecule has 168 valence electrons. The molecule has 0 saturated carbocycles. The predicted octanol–water partition coefficient (Wildman–Crippen LogP) is 2.89. The Bertz CT molecular complexity index is 1020. The molecular formula is C20H22F3N3O4S. The topological polar surface area (TPSA) is 79.0 Å². The Morgan fingerprint density at radius 2 is 1.71 bits per heavy atom. The summed E-state index contributed by atoms with van der Waals surface area (Å²) >= 11 is 0. The summed E-state index contributed by atoms with van der Waals surface area (Å²) in [5.41, 5.74) is -4.14. The molecule has 0 atom stereocenters. The Labute approximate surface area is 178 Å². The first-order valence-electron chi connectivity index (χ1n) is 9.44. The Balaban J connectivity index is 1.68. The van der Waals surface area contributed by atoms with Gasteiger partial charge in [-0.3, -0.25) is 4.79 Å². The zero-order chi connectivity index (χ0) is 22.6. The fourth-order valence-electron chi connectivity index (χ4n) is 3.20. The van der Waals surface area contributed by atoms with Gasteiger partial charge in [0.2, 0.25) is 5.91 Å². The highest BCUT2D eigenvalue weighted by Gasteiger charge is 2.48. The SMILES string of the molecule is CN(CC(=O)Nc1ccc(N2CCOCC2)cc1)c1ccccc1S(=O)(=O)C(F)(F)F. The van der Waals surface area contributed by atoms with Gasteiger partial charge in [-0.2, -0.15) is 13.2 Å². The van der Waals surface area contributed by atoms with Crippen LogP contribution in [0.5, 0.6) is 0 Å². The molecule has 1 amide bonds. The molecule has 0 bridgehead atoms. The van der Waals surface area contributed by atoms with E-state index in [9.17, 15) is 26.4 Å². The number of sulfone groups is 1. The van der Waals surface area contributed by atoms with Gasteiger partial charge in [-0.05, 0) is 36.4 Å². The molecule has 0 unspecified atom stereocenters. The smallest absolute Gasteiger partial charge is 0.378 e. The van der Waals surface area contributed by atoms with E-state index in [1.165, 1.54) is 25.2 Å². The number of nitrogens with zero attached hydrogens (tertiary/aromatic N) is 2. The summed E-state index contributed by atoms with van der Waals surface area (Å²) in [5, 5.41) is 2.67. The first-order valence-corrected chi connectivity index (χ1v) is 10.9. The summed E-state index contributed by atoms with van der Waals surface area (Å²) in [6.45, 7) is 2.51. The molecule has 1 fully saturated rings. The molecule has 2 aromatic rings. The largest absolute Gasteiger partial charge is 0.501 e. The Kier molecular flexibility index (Phi) is 6.75. The number of rotatable bonds is 6. The number of carbonyl (C=O) groups is 1. The maximum Gasteiger partial charge on any atom is 0.501 e. The zero-order valence-electron chi connectivity index (χ0n) is 16.7. The van der Waals surface area contributed by atoms with Crippen LogP contribution in [-0.4, -0.2) is 59.7 Å². The first-order chi connectivity index (χ1) is 14.6. The van der Waals surface area contributed by atoms with Crippen molar-refractivity contribution in [3.8, 4) is 0 Å². The van der Waals surface area contributed by atoms with E-state index in [0.29, 0.717) is 18.9 Å². The standard InChI is InChI=1S/C20H22F3N3O4S/c1-25(17-4-2-3-5-18(17)31(28,29)20(21,22)23)14-19(27)24-15-6-8-16(9-7-15)26-10-12-30-13-11-26/h2-9H,10-14H2,1H3,(H,24,27). The number of halogens is 3. The summed E-state index contributed by atoms with van der Waals surface area (Å²) < 4.78 is 68.0. The second-order valence-electron chi connectivity index (χ2n) is 6.97. The van der Waals surface area contributed by atoms with Crippen molar-refractivity contribution in [1.29, 1.82) is 0 Å². The molecule has 1 aliphatic heterocycles. The van der Waals surface area contributed by atoms with Crippen LogP contribution in [0.15, 0.2) is 53.4 Å².